The Balaban J connectivity index is 1.67. The van der Waals surface area contributed by atoms with Crippen molar-refractivity contribution in [1.29, 1.82) is 0 Å². The smallest absolute Gasteiger partial charge is 0.328 e. The van der Waals surface area contributed by atoms with Crippen molar-refractivity contribution in [2.24, 2.45) is 5.92 Å². The van der Waals surface area contributed by atoms with Gasteiger partial charge in [-0.3, -0.25) is 9.69 Å². The fourth-order valence-corrected chi connectivity index (χ4v) is 5.02. The maximum absolute atomic E-state index is 12.7. The normalized spacial score (nSPS) is 23.5. The molecule has 0 radical (unpaired) electrons. The second-order valence-corrected chi connectivity index (χ2v) is 10.4. The molecule has 9 nitrogen and oxygen atoms in total. The van der Waals surface area contributed by atoms with Gasteiger partial charge >= 0.3 is 12.1 Å². The number of amides is 5. The Bertz CT molecular complexity index is 1230. The van der Waals surface area contributed by atoms with Gasteiger partial charge in [-0.15, -0.1) is 0 Å². The van der Waals surface area contributed by atoms with Crippen LogP contribution in [0.15, 0.2) is 40.3 Å². The average Bonchev–Trinajstić information content (AvgIpc) is 3.13. The number of imide groups is 1. The molecule has 1 aliphatic carbocycles. The summed E-state index contributed by atoms with van der Waals surface area (Å²) < 4.78 is 60.3. The van der Waals surface area contributed by atoms with Gasteiger partial charge in [0.15, 0.2) is 0 Å². The van der Waals surface area contributed by atoms with Crippen LogP contribution in [0.1, 0.15) is 63.9 Å². The van der Waals surface area contributed by atoms with E-state index in [1.165, 1.54) is 0 Å². The lowest BCUT2D eigenvalue weighted by atomic mass is 9.87. The van der Waals surface area contributed by atoms with E-state index in [9.17, 15) is 22.8 Å². The van der Waals surface area contributed by atoms with E-state index in [1.807, 2.05) is 10.0 Å². The summed E-state index contributed by atoms with van der Waals surface area (Å²) in [6.45, 7) is 2.62. The van der Waals surface area contributed by atoms with E-state index >= 15 is 0 Å². The number of sulfonamides is 1. The third-order valence-corrected chi connectivity index (χ3v) is 7.48. The molecule has 1 saturated carbocycles. The number of nitrogens with one attached hydrogen (secondary N) is 3. The van der Waals surface area contributed by atoms with Crippen LogP contribution in [-0.4, -0.2) is 50.4 Å². The standard InChI is InChI=1S/C24H34N4O5S/c1-4-21-17(3)15-28(22(21)29)24(31)25-14-13-18-7-11-20(12-8-18)34(32,33)27-23(30)26-19-9-5-16(2)6-10-19/h7-8,11-12,16,19H,4-6,9-10,13-15H2,1-3H3,(H,25,31)(H2,26,27,30)/i13D2,14D2. The SMILES string of the molecule is [2H]C([2H])(NC(=O)N1CC(C)=C(CC)C1=O)C([2H])([2H])c1ccc(S(=O)(=O)NC(=O)NC2CCC(C)CC2)cc1. The van der Waals surface area contributed by atoms with Gasteiger partial charge in [0, 0.05) is 23.6 Å². The van der Waals surface area contributed by atoms with Crippen LogP contribution in [0.4, 0.5) is 9.59 Å². The van der Waals surface area contributed by atoms with Gasteiger partial charge in [0.05, 0.1) is 11.4 Å². The molecule has 5 amide bonds. The third-order valence-electron chi connectivity index (χ3n) is 6.13. The van der Waals surface area contributed by atoms with Crippen molar-refractivity contribution in [1.82, 2.24) is 20.3 Å². The van der Waals surface area contributed by atoms with Crippen LogP contribution in [-0.2, 0) is 21.2 Å². The monoisotopic (exact) mass is 494 g/mol. The number of benzene rings is 1. The molecule has 186 valence electrons. The molecule has 1 aromatic carbocycles. The molecule has 3 N–H and O–H groups in total. The number of hydrogen-bond donors (Lipinski definition) is 3. The number of carbonyl (C=O) groups excluding carboxylic acids is 3. The van der Waals surface area contributed by atoms with Crippen molar-refractivity contribution in [2.75, 3.05) is 13.0 Å². The number of rotatable bonds is 7. The summed E-state index contributed by atoms with van der Waals surface area (Å²) in [5, 5.41) is 4.62. The highest BCUT2D eigenvalue weighted by atomic mass is 32.2. The highest BCUT2D eigenvalue weighted by Crippen LogP contribution is 2.23. The average molecular weight is 495 g/mol. The van der Waals surface area contributed by atoms with Gasteiger partial charge in [0.2, 0.25) is 0 Å². The summed E-state index contributed by atoms with van der Waals surface area (Å²) in [7, 11) is -4.26. The molecule has 1 aliphatic heterocycles. The fourth-order valence-electron chi connectivity index (χ4n) is 4.11. The molecule has 0 aromatic heterocycles. The Labute approximate surface area is 207 Å². The van der Waals surface area contributed by atoms with E-state index < -0.39 is 40.9 Å². The minimum atomic E-state index is -4.26. The molecule has 0 bridgehead atoms. The molecule has 34 heavy (non-hydrogen) atoms. The maximum Gasteiger partial charge on any atom is 0.328 e. The maximum atomic E-state index is 12.7. The number of aryl methyl sites for hydroxylation is 1. The van der Waals surface area contributed by atoms with Crippen molar-refractivity contribution in [3.8, 4) is 0 Å². The molecule has 0 saturated heterocycles. The quantitative estimate of drug-likeness (QED) is 0.537. The van der Waals surface area contributed by atoms with E-state index in [-0.39, 0.29) is 23.0 Å². The van der Waals surface area contributed by atoms with Crippen LogP contribution < -0.4 is 15.4 Å². The summed E-state index contributed by atoms with van der Waals surface area (Å²) in [5.74, 6) is 0.0138. The van der Waals surface area contributed by atoms with Gasteiger partial charge in [-0.25, -0.2) is 22.7 Å². The summed E-state index contributed by atoms with van der Waals surface area (Å²) in [4.78, 5) is 37.8. The van der Waals surface area contributed by atoms with Crippen LogP contribution >= 0.6 is 0 Å². The van der Waals surface area contributed by atoms with Crippen LogP contribution in [0.2, 0.25) is 0 Å². The molecule has 10 heteroatoms. The third kappa shape index (κ3) is 6.37. The van der Waals surface area contributed by atoms with Crippen LogP contribution in [0, 0.1) is 5.92 Å². The molecule has 2 aliphatic rings. The number of urea groups is 2. The van der Waals surface area contributed by atoms with Gasteiger partial charge in [-0.2, -0.15) is 0 Å². The zero-order valence-electron chi connectivity index (χ0n) is 23.6. The topological polar surface area (TPSA) is 125 Å². The first-order valence-corrected chi connectivity index (χ1v) is 12.8. The molecule has 0 atom stereocenters. The first-order valence-electron chi connectivity index (χ1n) is 13.4. The van der Waals surface area contributed by atoms with Crippen molar-refractivity contribution in [2.45, 2.75) is 70.2 Å². The minimum Gasteiger partial charge on any atom is -0.337 e. The van der Waals surface area contributed by atoms with E-state index in [4.69, 9.17) is 5.48 Å². The van der Waals surface area contributed by atoms with Gasteiger partial charge in [-0.05, 0) is 74.6 Å². The van der Waals surface area contributed by atoms with Crippen LogP contribution in [0.25, 0.3) is 0 Å². The lowest BCUT2D eigenvalue weighted by molar-refractivity contribution is -0.123. The molecule has 1 heterocycles. The first kappa shape index (κ1) is 20.5. The Kier molecular flexibility index (Phi) is 6.65. The van der Waals surface area contributed by atoms with Crippen molar-refractivity contribution in [3.05, 3.63) is 41.0 Å². The van der Waals surface area contributed by atoms with Gasteiger partial charge in [0.1, 0.15) is 0 Å². The first-order chi connectivity index (χ1) is 17.6. The lowest BCUT2D eigenvalue weighted by Gasteiger charge is -2.26. The molecule has 3 rings (SSSR count). The lowest BCUT2D eigenvalue weighted by Crippen LogP contribution is -2.45. The van der Waals surface area contributed by atoms with E-state index in [2.05, 4.69) is 12.2 Å². The van der Waals surface area contributed by atoms with Crippen LogP contribution in [0.3, 0.4) is 0 Å². The number of carbonyl (C=O) groups is 3. The molecule has 1 fully saturated rings. The second-order valence-electron chi connectivity index (χ2n) is 8.74. The van der Waals surface area contributed by atoms with E-state index in [1.54, 1.807) is 13.8 Å². The Morgan fingerprint density at radius 3 is 2.38 bits per heavy atom. The Morgan fingerprint density at radius 1 is 1.15 bits per heavy atom. The second kappa shape index (κ2) is 11.0. The Hall–Kier alpha value is -2.88. The van der Waals surface area contributed by atoms with Gasteiger partial charge in [0.25, 0.3) is 15.9 Å². The number of hydrogen-bond acceptors (Lipinski definition) is 5. The highest BCUT2D eigenvalue weighted by Gasteiger charge is 2.31. The molecule has 0 unspecified atom stereocenters. The summed E-state index contributed by atoms with van der Waals surface area (Å²) in [6.07, 6.45) is 1.03. The van der Waals surface area contributed by atoms with Gasteiger partial charge in [-0.1, -0.05) is 26.0 Å². The summed E-state index contributed by atoms with van der Waals surface area (Å²) in [5.41, 5.74) is 0.888. The minimum absolute atomic E-state index is 0.0140. The van der Waals surface area contributed by atoms with Gasteiger partial charge < -0.3 is 10.6 Å². The fraction of sp³-hybridized carbons (Fsp3) is 0.542. The zero-order valence-corrected chi connectivity index (χ0v) is 20.4. The van der Waals surface area contributed by atoms with Crippen molar-refractivity contribution >= 4 is 28.0 Å². The molecular weight excluding hydrogens is 456 g/mol. The largest absolute Gasteiger partial charge is 0.337 e. The zero-order chi connectivity index (χ0) is 28.5. The van der Waals surface area contributed by atoms with Crippen molar-refractivity contribution in [3.63, 3.8) is 0 Å². The predicted octanol–water partition coefficient (Wildman–Crippen LogP) is 3.07. The molecule has 0 spiro atoms. The van der Waals surface area contributed by atoms with E-state index in [0.29, 0.717) is 23.5 Å². The molecular formula is C24H34N4O5S. The van der Waals surface area contributed by atoms with E-state index in [0.717, 1.165) is 54.8 Å². The molecule has 1 aromatic rings. The summed E-state index contributed by atoms with van der Waals surface area (Å²) in [6, 6.07) is 2.20. The number of nitrogens with zero attached hydrogens (tertiary/aromatic N) is 1. The van der Waals surface area contributed by atoms with Crippen LogP contribution in [0.5, 0.6) is 0 Å². The summed E-state index contributed by atoms with van der Waals surface area (Å²) >= 11 is 0. The predicted molar refractivity (Wildman–Crippen MR) is 129 cm³/mol. The highest BCUT2D eigenvalue weighted by molar-refractivity contribution is 7.90. The Morgan fingerprint density at radius 2 is 1.79 bits per heavy atom. The van der Waals surface area contributed by atoms with Crippen molar-refractivity contribution < 1.29 is 28.3 Å².